The molecular weight excluding hydrogens is 398 g/mol. The Morgan fingerprint density at radius 1 is 1.27 bits per heavy atom. The number of thioether (sulfide) groups is 1. The van der Waals surface area contributed by atoms with Gasteiger partial charge in [0.25, 0.3) is 10.0 Å². The highest BCUT2D eigenvalue weighted by Gasteiger charge is 2.34. The lowest BCUT2D eigenvalue weighted by atomic mass is 10.2. The molecule has 1 aromatic carbocycles. The molecule has 1 saturated heterocycles. The fourth-order valence-corrected chi connectivity index (χ4v) is 5.40. The molecule has 0 bridgehead atoms. The van der Waals surface area contributed by atoms with Crippen molar-refractivity contribution in [3.05, 3.63) is 46.6 Å². The smallest absolute Gasteiger partial charge is 0.342 e. The molecule has 26 heavy (non-hydrogen) atoms. The van der Waals surface area contributed by atoms with Gasteiger partial charge in [0, 0.05) is 35.8 Å². The van der Waals surface area contributed by atoms with E-state index < -0.39 is 16.0 Å². The van der Waals surface area contributed by atoms with E-state index in [9.17, 15) is 13.2 Å². The molecule has 140 valence electrons. The zero-order valence-corrected chi connectivity index (χ0v) is 16.5. The van der Waals surface area contributed by atoms with Crippen LogP contribution in [0, 0.1) is 0 Å². The minimum atomic E-state index is -3.86. The third kappa shape index (κ3) is 4.06. The van der Waals surface area contributed by atoms with Crippen LogP contribution in [0.2, 0.25) is 5.02 Å². The zero-order chi connectivity index (χ0) is 18.7. The highest BCUT2D eigenvalue weighted by atomic mass is 35.5. The second kappa shape index (κ2) is 7.99. The molecule has 1 fully saturated rings. The van der Waals surface area contributed by atoms with Gasteiger partial charge in [0.1, 0.15) is 5.56 Å². The van der Waals surface area contributed by atoms with Crippen LogP contribution in [-0.2, 0) is 21.3 Å². The summed E-state index contributed by atoms with van der Waals surface area (Å²) in [6.07, 6.45) is 1.41. The fraction of sp³-hybridized carbons (Fsp3) is 0.375. The van der Waals surface area contributed by atoms with Crippen molar-refractivity contribution in [1.82, 2.24) is 14.1 Å². The Hall–Kier alpha value is -1.55. The lowest BCUT2D eigenvalue weighted by Gasteiger charge is -2.24. The number of esters is 1. The Labute approximate surface area is 161 Å². The van der Waals surface area contributed by atoms with E-state index in [1.165, 1.54) is 22.3 Å². The van der Waals surface area contributed by atoms with Crippen molar-refractivity contribution in [3.63, 3.8) is 0 Å². The van der Waals surface area contributed by atoms with Gasteiger partial charge in [-0.3, -0.25) is 4.68 Å². The second-order valence-electron chi connectivity index (χ2n) is 5.68. The molecule has 0 N–H and O–H groups in total. The lowest BCUT2D eigenvalue weighted by molar-refractivity contribution is 0.0596. The number of ether oxygens (including phenoxy) is 1. The Balaban J connectivity index is 1.96. The Morgan fingerprint density at radius 3 is 2.54 bits per heavy atom. The van der Waals surface area contributed by atoms with E-state index in [0.29, 0.717) is 24.7 Å². The van der Waals surface area contributed by atoms with Crippen molar-refractivity contribution in [2.45, 2.75) is 11.6 Å². The maximum absolute atomic E-state index is 13.0. The number of methoxy groups -OCH3 is 1. The normalized spacial score (nSPS) is 15.8. The highest BCUT2D eigenvalue weighted by molar-refractivity contribution is 7.99. The largest absolute Gasteiger partial charge is 0.465 e. The highest BCUT2D eigenvalue weighted by Crippen LogP contribution is 2.23. The molecule has 7 nitrogen and oxygen atoms in total. The van der Waals surface area contributed by atoms with Crippen molar-refractivity contribution in [2.75, 3.05) is 31.7 Å². The first-order chi connectivity index (χ1) is 12.4. The summed E-state index contributed by atoms with van der Waals surface area (Å²) < 4.78 is 33.4. The summed E-state index contributed by atoms with van der Waals surface area (Å²) in [4.78, 5) is 12.1. The van der Waals surface area contributed by atoms with E-state index >= 15 is 0 Å². The maximum atomic E-state index is 13.0. The van der Waals surface area contributed by atoms with Crippen LogP contribution >= 0.6 is 23.4 Å². The van der Waals surface area contributed by atoms with Gasteiger partial charge in [-0.2, -0.15) is 21.2 Å². The van der Waals surface area contributed by atoms with Gasteiger partial charge in [-0.25, -0.2) is 13.2 Å². The number of benzene rings is 1. The third-order valence-electron chi connectivity index (χ3n) is 3.95. The molecule has 10 heteroatoms. The molecule has 1 aromatic heterocycles. The number of rotatable bonds is 5. The standard InChI is InChI=1S/C16H18ClN3O4S2/c1-24-16(21)14-11-19(10-12-2-4-13(17)5-3-12)18-15(14)26(22,23)20-6-8-25-9-7-20/h2-5,11H,6-10H2,1H3. The fourth-order valence-electron chi connectivity index (χ4n) is 2.61. The van der Waals surface area contributed by atoms with Crippen LogP contribution in [-0.4, -0.2) is 60.2 Å². The molecule has 0 atom stereocenters. The summed E-state index contributed by atoms with van der Waals surface area (Å²) in [7, 11) is -2.64. The lowest BCUT2D eigenvalue weighted by Crippen LogP contribution is -2.38. The molecule has 0 saturated carbocycles. The average molecular weight is 416 g/mol. The van der Waals surface area contributed by atoms with E-state index in [4.69, 9.17) is 16.3 Å². The molecule has 0 amide bonds. The molecule has 1 aliphatic rings. The number of carbonyl (C=O) groups is 1. The number of sulfonamides is 1. The van der Waals surface area contributed by atoms with Crippen molar-refractivity contribution in [2.24, 2.45) is 0 Å². The summed E-state index contributed by atoms with van der Waals surface area (Å²) in [6, 6.07) is 7.12. The molecule has 3 rings (SSSR count). The second-order valence-corrected chi connectivity index (χ2v) is 9.19. The van der Waals surface area contributed by atoms with Gasteiger partial charge >= 0.3 is 5.97 Å². The molecule has 0 radical (unpaired) electrons. The minimum absolute atomic E-state index is 0.0558. The summed E-state index contributed by atoms with van der Waals surface area (Å²) >= 11 is 7.58. The van der Waals surface area contributed by atoms with E-state index in [-0.39, 0.29) is 10.6 Å². The summed E-state index contributed by atoms with van der Waals surface area (Å²) in [5.74, 6) is 0.716. The van der Waals surface area contributed by atoms with Gasteiger partial charge in [-0.05, 0) is 17.7 Å². The number of aromatic nitrogens is 2. The van der Waals surface area contributed by atoms with Gasteiger partial charge in [0.15, 0.2) is 0 Å². The topological polar surface area (TPSA) is 81.5 Å². The van der Waals surface area contributed by atoms with Crippen LogP contribution in [0.15, 0.2) is 35.5 Å². The average Bonchev–Trinajstić information content (AvgIpc) is 3.08. The molecule has 1 aliphatic heterocycles. The Morgan fingerprint density at radius 2 is 1.92 bits per heavy atom. The summed E-state index contributed by atoms with van der Waals surface area (Å²) in [5, 5.41) is 4.54. The zero-order valence-electron chi connectivity index (χ0n) is 14.1. The van der Waals surface area contributed by atoms with Crippen LogP contribution in [0.1, 0.15) is 15.9 Å². The first-order valence-corrected chi connectivity index (χ1v) is 10.9. The molecular formula is C16H18ClN3O4S2. The van der Waals surface area contributed by atoms with E-state index in [1.54, 1.807) is 23.9 Å². The minimum Gasteiger partial charge on any atom is -0.465 e. The van der Waals surface area contributed by atoms with E-state index in [0.717, 1.165) is 17.1 Å². The molecule has 0 unspecified atom stereocenters. The van der Waals surface area contributed by atoms with Gasteiger partial charge in [-0.1, -0.05) is 23.7 Å². The molecule has 2 aromatic rings. The number of nitrogens with zero attached hydrogens (tertiary/aromatic N) is 3. The van der Waals surface area contributed by atoms with Crippen molar-refractivity contribution >= 4 is 39.4 Å². The van der Waals surface area contributed by atoms with E-state index in [1.807, 2.05) is 12.1 Å². The predicted octanol–water partition coefficient (Wildman–Crippen LogP) is 2.11. The number of carbonyl (C=O) groups excluding carboxylic acids is 1. The molecule has 0 aliphatic carbocycles. The van der Waals surface area contributed by atoms with Crippen molar-refractivity contribution < 1.29 is 17.9 Å². The number of halogens is 1. The Bertz CT molecular complexity index is 891. The monoisotopic (exact) mass is 415 g/mol. The third-order valence-corrected chi connectivity index (χ3v) is 6.97. The SMILES string of the molecule is COC(=O)c1cn(Cc2ccc(Cl)cc2)nc1S(=O)(=O)N1CCSCC1. The quantitative estimate of drug-likeness (QED) is 0.695. The van der Waals surface area contributed by atoms with E-state index in [2.05, 4.69) is 5.10 Å². The predicted molar refractivity (Wildman–Crippen MR) is 100 cm³/mol. The van der Waals surface area contributed by atoms with Crippen LogP contribution in [0.25, 0.3) is 0 Å². The summed E-state index contributed by atoms with van der Waals surface area (Å²) in [5.41, 5.74) is 0.825. The van der Waals surface area contributed by atoms with Crippen LogP contribution in [0.4, 0.5) is 0 Å². The first-order valence-electron chi connectivity index (χ1n) is 7.90. The number of hydrogen-bond donors (Lipinski definition) is 0. The first kappa shape index (κ1) is 19.2. The van der Waals surface area contributed by atoms with Gasteiger partial charge < -0.3 is 4.74 Å². The molecule has 0 spiro atoms. The Kier molecular flexibility index (Phi) is 5.91. The van der Waals surface area contributed by atoms with Crippen molar-refractivity contribution in [1.29, 1.82) is 0 Å². The van der Waals surface area contributed by atoms with Gasteiger partial charge in [-0.15, -0.1) is 0 Å². The van der Waals surface area contributed by atoms with Gasteiger partial charge in [0.05, 0.1) is 13.7 Å². The van der Waals surface area contributed by atoms with Crippen LogP contribution in [0.3, 0.4) is 0 Å². The van der Waals surface area contributed by atoms with Crippen LogP contribution in [0.5, 0.6) is 0 Å². The van der Waals surface area contributed by atoms with Gasteiger partial charge in [0.2, 0.25) is 5.03 Å². The maximum Gasteiger partial charge on any atom is 0.342 e. The summed E-state index contributed by atoms with van der Waals surface area (Å²) in [6.45, 7) is 1.11. The number of hydrogen-bond acceptors (Lipinski definition) is 6. The van der Waals surface area contributed by atoms with Crippen molar-refractivity contribution in [3.8, 4) is 0 Å². The van der Waals surface area contributed by atoms with Crippen LogP contribution < -0.4 is 0 Å². The molecule has 2 heterocycles.